The molecule has 0 saturated carbocycles. The molecule has 2 rings (SSSR count). The van der Waals surface area contributed by atoms with E-state index in [9.17, 15) is 5.11 Å². The van der Waals surface area contributed by atoms with E-state index in [4.69, 9.17) is 9.26 Å². The van der Waals surface area contributed by atoms with Gasteiger partial charge in [-0.3, -0.25) is 4.52 Å². The topological polar surface area (TPSA) is 77.8 Å². The van der Waals surface area contributed by atoms with Crippen molar-refractivity contribution in [1.82, 2.24) is 5.27 Å². The fourth-order valence-electron chi connectivity index (χ4n) is 3.16. The fourth-order valence-corrected chi connectivity index (χ4v) is 3.16. The Bertz CT molecular complexity index is 506. The molecular weight excluding hydrogens is 272 g/mol. The van der Waals surface area contributed by atoms with Crippen molar-refractivity contribution in [2.75, 3.05) is 11.6 Å². The quantitative estimate of drug-likeness (QED) is 0.473. The van der Waals surface area contributed by atoms with Gasteiger partial charge >= 0.3 is 5.88 Å². The minimum absolute atomic E-state index is 0.0511. The van der Waals surface area contributed by atoms with Gasteiger partial charge < -0.3 is 9.84 Å². The van der Waals surface area contributed by atoms with Gasteiger partial charge in [0.05, 0.1) is 15.9 Å². The van der Waals surface area contributed by atoms with Crippen LogP contribution in [0.15, 0.2) is 15.7 Å². The van der Waals surface area contributed by atoms with Crippen LogP contribution < -0.4 is 14.9 Å². The highest BCUT2D eigenvalue weighted by Crippen LogP contribution is 2.34. The van der Waals surface area contributed by atoms with Crippen molar-refractivity contribution >= 4 is 12.0 Å². The molecule has 2 heterocycles. The summed E-state index contributed by atoms with van der Waals surface area (Å²) in [5, 5.41) is 17.5. The van der Waals surface area contributed by atoms with Gasteiger partial charge in [-0.2, -0.15) is 4.99 Å². The third-order valence-electron chi connectivity index (χ3n) is 3.84. The Hall–Kier alpha value is -1.79. The Balaban J connectivity index is 2.29. The zero-order valence-electron chi connectivity index (χ0n) is 13.4. The van der Waals surface area contributed by atoms with E-state index < -0.39 is 6.08 Å². The van der Waals surface area contributed by atoms with E-state index in [1.165, 1.54) is 6.42 Å². The van der Waals surface area contributed by atoms with Crippen LogP contribution in [0.4, 0.5) is 5.88 Å². The van der Waals surface area contributed by atoms with Crippen molar-refractivity contribution in [1.29, 1.82) is 0 Å². The standard InChI is InChI=1S/C14H24N4O3/c1-6-20-12(19)15-11-10-17(16-21-11)18-13(2,3)8-7-9-14(18,4)5/h10H,6-9H2,1-5H3. The highest BCUT2D eigenvalue weighted by atomic mass is 16.6. The van der Waals surface area contributed by atoms with Gasteiger partial charge in [-0.05, 0) is 53.6 Å². The Morgan fingerprint density at radius 2 is 2.05 bits per heavy atom. The summed E-state index contributed by atoms with van der Waals surface area (Å²) in [7, 11) is 0. The molecule has 7 heteroatoms. The molecule has 0 N–H and O–H groups in total. The van der Waals surface area contributed by atoms with Gasteiger partial charge in [-0.1, -0.05) is 6.92 Å². The van der Waals surface area contributed by atoms with E-state index >= 15 is 0 Å². The first kappa shape index (κ1) is 15.6. The number of ether oxygens (including phenoxy) is 1. The molecule has 0 atom stereocenters. The summed E-state index contributed by atoms with van der Waals surface area (Å²) in [5.74, 6) is 0.144. The Morgan fingerprint density at radius 3 is 2.62 bits per heavy atom. The largest absolute Gasteiger partial charge is 0.600 e. The molecule has 1 aliphatic rings. The van der Waals surface area contributed by atoms with Crippen LogP contribution in [-0.4, -0.2) is 29.0 Å². The van der Waals surface area contributed by atoms with E-state index in [0.717, 1.165) is 12.8 Å². The number of nitrogens with zero attached hydrogens (tertiary/aromatic N) is 4. The van der Waals surface area contributed by atoms with Crippen LogP contribution in [0.5, 0.6) is 0 Å². The predicted molar refractivity (Wildman–Crippen MR) is 75.6 cm³/mol. The molecule has 1 fully saturated rings. The second kappa shape index (κ2) is 5.54. The Kier molecular flexibility index (Phi) is 4.11. The summed E-state index contributed by atoms with van der Waals surface area (Å²) in [5.41, 5.74) is -0.102. The Labute approximate surface area is 125 Å². The normalized spacial score (nSPS) is 21.4. The zero-order valence-corrected chi connectivity index (χ0v) is 13.4. The molecule has 1 aromatic rings. The van der Waals surface area contributed by atoms with Gasteiger partial charge in [-0.25, -0.2) is 0 Å². The molecule has 118 valence electrons. The Morgan fingerprint density at radius 1 is 1.43 bits per heavy atom. The second-order valence-corrected chi connectivity index (χ2v) is 6.56. The van der Waals surface area contributed by atoms with Crippen molar-refractivity contribution in [3.05, 3.63) is 6.20 Å². The third kappa shape index (κ3) is 3.28. The minimum atomic E-state index is -0.669. The third-order valence-corrected chi connectivity index (χ3v) is 3.84. The zero-order chi connectivity index (χ0) is 15.7. The van der Waals surface area contributed by atoms with E-state index in [-0.39, 0.29) is 23.6 Å². The summed E-state index contributed by atoms with van der Waals surface area (Å²) in [6.45, 7) is 10.7. The van der Waals surface area contributed by atoms with E-state index in [1.807, 2.05) is 0 Å². The van der Waals surface area contributed by atoms with Crippen LogP contribution in [0.1, 0.15) is 53.9 Å². The summed E-state index contributed by atoms with van der Waals surface area (Å²) in [6, 6.07) is 0. The van der Waals surface area contributed by atoms with E-state index in [2.05, 4.69) is 43.0 Å². The van der Waals surface area contributed by atoms with E-state index in [0.29, 0.717) is 0 Å². The molecule has 0 aromatic carbocycles. The first-order valence-electron chi connectivity index (χ1n) is 7.34. The highest BCUT2D eigenvalue weighted by Gasteiger charge is 2.48. The maximum absolute atomic E-state index is 11.4. The van der Waals surface area contributed by atoms with Crippen LogP contribution in [-0.2, 0) is 4.74 Å². The fraction of sp³-hybridized carbons (Fsp3) is 0.786. The smallest absolute Gasteiger partial charge is 0.326 e. The van der Waals surface area contributed by atoms with Gasteiger partial charge in [-0.15, -0.1) is 5.01 Å². The molecule has 21 heavy (non-hydrogen) atoms. The van der Waals surface area contributed by atoms with Crippen molar-refractivity contribution < 1.29 is 19.2 Å². The summed E-state index contributed by atoms with van der Waals surface area (Å²) in [6.07, 6.45) is 4.26. The number of hydrogen-bond donors (Lipinski definition) is 0. The van der Waals surface area contributed by atoms with Crippen LogP contribution in [0, 0.1) is 0 Å². The SMILES string of the molecule is CCOC([O-])=Nc1c[n+](N2C(C)(C)CCCC2(C)C)no1. The van der Waals surface area contributed by atoms with Crippen molar-refractivity contribution in [3.8, 4) is 0 Å². The summed E-state index contributed by atoms with van der Waals surface area (Å²) >= 11 is 0. The minimum Gasteiger partial charge on any atom is -0.600 e. The van der Waals surface area contributed by atoms with Crippen LogP contribution in [0.2, 0.25) is 0 Å². The van der Waals surface area contributed by atoms with Crippen LogP contribution in [0.3, 0.4) is 0 Å². The van der Waals surface area contributed by atoms with E-state index in [1.54, 1.807) is 17.9 Å². The molecule has 0 aliphatic carbocycles. The average molecular weight is 296 g/mol. The number of rotatable bonds is 3. The molecule has 0 unspecified atom stereocenters. The first-order chi connectivity index (χ1) is 9.76. The lowest BCUT2D eigenvalue weighted by molar-refractivity contribution is -0.774. The van der Waals surface area contributed by atoms with Crippen LogP contribution >= 0.6 is 0 Å². The summed E-state index contributed by atoms with van der Waals surface area (Å²) in [4.78, 5) is 5.37. The van der Waals surface area contributed by atoms with Gasteiger partial charge in [0.1, 0.15) is 0 Å². The summed E-state index contributed by atoms with van der Waals surface area (Å²) < 4.78 is 9.89. The lowest BCUT2D eigenvalue weighted by Gasteiger charge is -2.46. The van der Waals surface area contributed by atoms with Gasteiger partial charge in [0, 0.05) is 0 Å². The maximum atomic E-state index is 11.4. The maximum Gasteiger partial charge on any atom is 0.326 e. The molecule has 0 bridgehead atoms. The number of aliphatic imine (C=N–C) groups is 1. The van der Waals surface area contributed by atoms with Gasteiger partial charge in [0.2, 0.25) is 5.27 Å². The molecule has 0 amide bonds. The lowest BCUT2D eigenvalue weighted by Crippen LogP contribution is -2.76. The number of piperidine rings is 1. The van der Waals surface area contributed by atoms with Crippen LogP contribution in [0.25, 0.3) is 0 Å². The average Bonchev–Trinajstić information content (AvgIpc) is 2.74. The molecule has 1 saturated heterocycles. The number of hydrogen-bond acceptors (Lipinski definition) is 6. The molecular formula is C14H24N4O3. The van der Waals surface area contributed by atoms with Crippen molar-refractivity contribution in [2.45, 2.75) is 65.0 Å². The van der Waals surface area contributed by atoms with Crippen molar-refractivity contribution in [2.24, 2.45) is 4.99 Å². The predicted octanol–water partition coefficient (Wildman–Crippen LogP) is 1.03. The van der Waals surface area contributed by atoms with Crippen molar-refractivity contribution in [3.63, 3.8) is 0 Å². The molecule has 1 aliphatic heterocycles. The molecule has 7 nitrogen and oxygen atoms in total. The van der Waals surface area contributed by atoms with Gasteiger partial charge in [0.25, 0.3) is 6.20 Å². The van der Waals surface area contributed by atoms with Gasteiger partial charge in [0.15, 0.2) is 6.08 Å². The lowest BCUT2D eigenvalue weighted by atomic mass is 9.82. The second-order valence-electron chi connectivity index (χ2n) is 6.56. The first-order valence-corrected chi connectivity index (χ1v) is 7.34. The molecule has 0 spiro atoms. The number of aromatic nitrogens is 2. The monoisotopic (exact) mass is 296 g/mol. The molecule has 1 aromatic heterocycles. The molecule has 0 radical (unpaired) electrons. The highest BCUT2D eigenvalue weighted by molar-refractivity contribution is 5.64.